The molecule has 0 amide bonds. The molecule has 0 heterocycles. The minimum atomic E-state index is -1.15. The summed E-state index contributed by atoms with van der Waals surface area (Å²) in [6, 6.07) is 0. The quantitative estimate of drug-likeness (QED) is 0.584. The van der Waals surface area contributed by atoms with E-state index in [4.69, 9.17) is 0 Å². The van der Waals surface area contributed by atoms with Gasteiger partial charge in [-0.3, -0.25) is 28.8 Å². The first-order valence-electron chi connectivity index (χ1n) is 7.94. The highest BCUT2D eigenvalue weighted by atomic mass is 16.2. The molecule has 124 valence electrons. The van der Waals surface area contributed by atoms with Crippen molar-refractivity contribution in [3.8, 4) is 0 Å². The maximum absolute atomic E-state index is 12.5. The average molecular weight is 344 g/mol. The van der Waals surface area contributed by atoms with E-state index in [1.54, 1.807) is 0 Å². The molecule has 6 rings (SSSR count). The van der Waals surface area contributed by atoms with E-state index in [9.17, 15) is 28.8 Å². The van der Waals surface area contributed by atoms with Gasteiger partial charge < -0.3 is 0 Å². The van der Waals surface area contributed by atoms with Crippen LogP contribution in [0.1, 0.15) is 0 Å². The molecule has 0 radical (unpaired) electrons. The fraction of sp³-hybridized carbons (Fsp3) is 0.100. The number of carbonyl (C=O) groups is 6. The first kappa shape index (κ1) is 14.8. The van der Waals surface area contributed by atoms with Gasteiger partial charge in [0.2, 0.25) is 0 Å². The number of ketones is 6. The first-order chi connectivity index (χ1) is 12.4. The first-order valence-corrected chi connectivity index (χ1v) is 7.94. The Morgan fingerprint density at radius 2 is 0.500 bits per heavy atom. The topological polar surface area (TPSA) is 102 Å². The molecule has 0 saturated heterocycles. The lowest BCUT2D eigenvalue weighted by molar-refractivity contribution is -0.119. The van der Waals surface area contributed by atoms with Crippen LogP contribution in [0.25, 0.3) is 0 Å². The van der Waals surface area contributed by atoms with Crippen LogP contribution in [0.4, 0.5) is 0 Å². The maximum atomic E-state index is 12.5. The summed E-state index contributed by atoms with van der Waals surface area (Å²) in [5, 5.41) is 0. The van der Waals surface area contributed by atoms with Crippen LogP contribution in [0.5, 0.6) is 0 Å². The lowest BCUT2D eigenvalue weighted by Crippen LogP contribution is -2.46. The maximum Gasteiger partial charge on any atom is 0.183 e. The van der Waals surface area contributed by atoms with Crippen molar-refractivity contribution < 1.29 is 28.8 Å². The van der Waals surface area contributed by atoms with E-state index in [1.807, 2.05) is 0 Å². The van der Waals surface area contributed by atoms with Crippen molar-refractivity contribution in [1.82, 2.24) is 0 Å². The molecule has 2 bridgehead atoms. The van der Waals surface area contributed by atoms with Crippen LogP contribution < -0.4 is 0 Å². The van der Waals surface area contributed by atoms with Crippen LogP contribution in [0, 0.1) is 11.8 Å². The standard InChI is InChI=1S/C20H8O6/c21-7-1-2-8(22)14-13(7)19-15-9(23)3-5-11(25)17(15)20(14)18-12(26)6-4-10(24)16(18)19/h1-6,19-20H. The van der Waals surface area contributed by atoms with Crippen molar-refractivity contribution >= 4 is 34.7 Å². The Balaban J connectivity index is 1.88. The number of hydrogen-bond acceptors (Lipinski definition) is 6. The lowest BCUT2D eigenvalue weighted by Gasteiger charge is -2.44. The second-order valence-electron chi connectivity index (χ2n) is 6.53. The van der Waals surface area contributed by atoms with Crippen LogP contribution in [-0.4, -0.2) is 34.7 Å². The second kappa shape index (κ2) is 4.54. The van der Waals surface area contributed by atoms with E-state index in [0.717, 1.165) is 36.5 Å². The molecule has 0 aromatic carbocycles. The predicted molar refractivity (Wildman–Crippen MR) is 85.5 cm³/mol. The minimum Gasteiger partial charge on any atom is -0.290 e. The van der Waals surface area contributed by atoms with E-state index in [2.05, 4.69) is 0 Å². The van der Waals surface area contributed by atoms with Crippen LogP contribution in [-0.2, 0) is 28.8 Å². The second-order valence-corrected chi connectivity index (χ2v) is 6.53. The molecular formula is C20H8O6. The molecule has 6 aliphatic carbocycles. The van der Waals surface area contributed by atoms with E-state index in [0.29, 0.717) is 0 Å². The Labute approximate surface area is 145 Å². The molecule has 0 atom stereocenters. The van der Waals surface area contributed by atoms with Gasteiger partial charge in [0.25, 0.3) is 0 Å². The SMILES string of the molecule is O=C1C=CC(=O)C2=C1C1C3=C(C(=O)C=CC3=O)C2C2=C1C(=O)C=CC2=O. The highest BCUT2D eigenvalue weighted by Gasteiger charge is 2.56. The summed E-state index contributed by atoms with van der Waals surface area (Å²) >= 11 is 0. The Morgan fingerprint density at radius 3 is 0.654 bits per heavy atom. The summed E-state index contributed by atoms with van der Waals surface area (Å²) in [6.45, 7) is 0. The molecule has 0 unspecified atom stereocenters. The van der Waals surface area contributed by atoms with Crippen molar-refractivity contribution in [1.29, 1.82) is 0 Å². The molecule has 0 aromatic rings. The molecule has 6 nitrogen and oxygen atoms in total. The van der Waals surface area contributed by atoms with Crippen LogP contribution in [0.3, 0.4) is 0 Å². The Morgan fingerprint density at radius 1 is 0.346 bits per heavy atom. The monoisotopic (exact) mass is 344 g/mol. The van der Waals surface area contributed by atoms with Crippen LogP contribution in [0.15, 0.2) is 69.9 Å². The summed E-state index contributed by atoms with van der Waals surface area (Å²) in [6.07, 6.45) is 6.57. The van der Waals surface area contributed by atoms with E-state index in [-0.39, 0.29) is 33.4 Å². The zero-order chi connectivity index (χ0) is 18.3. The van der Waals surface area contributed by atoms with Gasteiger partial charge >= 0.3 is 0 Å². The van der Waals surface area contributed by atoms with Crippen LogP contribution >= 0.6 is 0 Å². The van der Waals surface area contributed by atoms with Crippen LogP contribution in [0.2, 0.25) is 0 Å². The zero-order valence-electron chi connectivity index (χ0n) is 13.1. The number of allylic oxidation sites excluding steroid dienone is 12. The Bertz CT molecular complexity index is 902. The molecule has 0 aliphatic heterocycles. The summed E-state index contributed by atoms with van der Waals surface area (Å²) in [4.78, 5) is 75.1. The minimum absolute atomic E-state index is 0.0351. The molecular weight excluding hydrogens is 336 g/mol. The highest BCUT2D eigenvalue weighted by molar-refractivity contribution is 6.33. The number of carbonyl (C=O) groups excluding carboxylic acids is 6. The van der Waals surface area contributed by atoms with Crippen molar-refractivity contribution in [3.63, 3.8) is 0 Å². The van der Waals surface area contributed by atoms with Crippen molar-refractivity contribution in [2.45, 2.75) is 0 Å². The molecule has 0 fully saturated rings. The molecule has 6 heteroatoms. The number of rotatable bonds is 0. The normalized spacial score (nSPS) is 29.1. The summed E-state index contributed by atoms with van der Waals surface area (Å²) in [7, 11) is 0. The van der Waals surface area contributed by atoms with Gasteiger partial charge in [0.1, 0.15) is 0 Å². The van der Waals surface area contributed by atoms with Gasteiger partial charge in [-0.05, 0) is 36.5 Å². The van der Waals surface area contributed by atoms with Gasteiger partial charge in [-0.2, -0.15) is 0 Å². The molecule has 0 aromatic heterocycles. The lowest BCUT2D eigenvalue weighted by atomic mass is 9.54. The largest absolute Gasteiger partial charge is 0.290 e. The fourth-order valence-electron chi connectivity index (χ4n) is 4.44. The van der Waals surface area contributed by atoms with Gasteiger partial charge in [-0.25, -0.2) is 0 Å². The van der Waals surface area contributed by atoms with E-state index >= 15 is 0 Å². The summed E-state index contributed by atoms with van der Waals surface area (Å²) in [5.74, 6) is -5.23. The summed E-state index contributed by atoms with van der Waals surface area (Å²) < 4.78 is 0. The van der Waals surface area contributed by atoms with E-state index < -0.39 is 46.5 Å². The van der Waals surface area contributed by atoms with Gasteiger partial charge in [-0.1, -0.05) is 0 Å². The van der Waals surface area contributed by atoms with Crippen molar-refractivity contribution in [3.05, 3.63) is 69.9 Å². The molecule has 26 heavy (non-hydrogen) atoms. The highest BCUT2D eigenvalue weighted by Crippen LogP contribution is 2.55. The smallest absolute Gasteiger partial charge is 0.183 e. The third-order valence-electron chi connectivity index (χ3n) is 5.35. The third-order valence-corrected chi connectivity index (χ3v) is 5.35. The Kier molecular flexibility index (Phi) is 2.58. The third kappa shape index (κ3) is 1.52. The molecule has 0 saturated carbocycles. The zero-order valence-corrected chi connectivity index (χ0v) is 13.1. The van der Waals surface area contributed by atoms with Gasteiger partial charge in [0.15, 0.2) is 34.7 Å². The Hall–Kier alpha value is -3.54. The van der Waals surface area contributed by atoms with Gasteiger partial charge in [0, 0.05) is 45.3 Å². The van der Waals surface area contributed by atoms with Gasteiger partial charge in [0.05, 0.1) is 0 Å². The van der Waals surface area contributed by atoms with Crippen molar-refractivity contribution in [2.24, 2.45) is 11.8 Å². The average Bonchev–Trinajstić information content (AvgIpc) is 2.63. The number of hydrogen-bond donors (Lipinski definition) is 0. The molecule has 0 spiro atoms. The fourth-order valence-corrected chi connectivity index (χ4v) is 4.44. The predicted octanol–water partition coefficient (Wildman–Crippen LogP) is 0.260. The van der Waals surface area contributed by atoms with Crippen molar-refractivity contribution in [2.75, 3.05) is 0 Å². The van der Waals surface area contributed by atoms with E-state index in [1.165, 1.54) is 0 Å². The summed E-state index contributed by atoms with van der Waals surface area (Å²) in [5.41, 5.74) is 0.211. The molecule has 0 N–H and O–H groups in total. The van der Waals surface area contributed by atoms with Gasteiger partial charge in [-0.15, -0.1) is 0 Å². The molecule has 6 aliphatic rings.